The van der Waals surface area contributed by atoms with Gasteiger partial charge in [0.2, 0.25) is 59.1 Å². The third kappa shape index (κ3) is 27.5. The van der Waals surface area contributed by atoms with E-state index < -0.39 is 213 Å². The van der Waals surface area contributed by atoms with Gasteiger partial charge in [-0.1, -0.05) is 45.9 Å². The Hall–Kier alpha value is -9.80. The lowest BCUT2D eigenvalue weighted by atomic mass is 9.99. The van der Waals surface area contributed by atoms with Crippen molar-refractivity contribution >= 4 is 106 Å². The Morgan fingerprint density at radius 2 is 0.900 bits per heavy atom. The van der Waals surface area contributed by atoms with Crippen LogP contribution in [0.25, 0.3) is 10.9 Å². The van der Waals surface area contributed by atoms with Gasteiger partial charge in [-0.05, 0) is 75.5 Å². The second-order valence-corrected chi connectivity index (χ2v) is 21.8. The molecule has 498 valence electrons. The molecule has 0 saturated heterocycles. The minimum absolute atomic E-state index is 0.0808. The van der Waals surface area contributed by atoms with E-state index in [0.717, 1.165) is 0 Å². The normalized spacial score (nSPS) is 14.4. The number of unbranched alkanes of at least 4 members (excludes halogenated alkanes) is 1. The van der Waals surface area contributed by atoms with Crippen LogP contribution >= 0.6 is 0 Å². The predicted molar refractivity (Wildman–Crippen MR) is 311 cm³/mol. The van der Waals surface area contributed by atoms with Gasteiger partial charge in [0.25, 0.3) is 0 Å². The second-order valence-electron chi connectivity index (χ2n) is 21.8. The van der Waals surface area contributed by atoms with E-state index in [1.165, 1.54) is 27.0 Å². The lowest BCUT2D eigenvalue weighted by Crippen LogP contribution is -2.61. The lowest BCUT2D eigenvalue weighted by Gasteiger charge is -2.28. The van der Waals surface area contributed by atoms with E-state index in [1.54, 1.807) is 38.1 Å². The van der Waals surface area contributed by atoms with E-state index in [-0.39, 0.29) is 38.1 Å². The van der Waals surface area contributed by atoms with E-state index in [9.17, 15) is 102 Å². The molecular weight excluding hydrogens is 1190 g/mol. The SMILES string of the molecule is CC(C)C[C@H](NC(=O)[C@H](C)N)C(=O)N[C@H](C(=O)N[C@@H](CC(=O)O)C(=O)N[C@@H](CC(=O)O)C(=O)N[C@@H](CC(=O)O)C(=O)N[C@@H](CCC(=O)O)C(=O)N[C@@H](Cc1c[nH]c2ccccc12)C(=O)NCC(=O)N[C@@H](CCCCN)C(=O)N[C@@H](CCC(=O)O)C(=O)O)C(C)C. The van der Waals surface area contributed by atoms with Gasteiger partial charge in [-0.15, -0.1) is 0 Å². The fourth-order valence-electron chi connectivity index (χ4n) is 8.66. The van der Waals surface area contributed by atoms with Crippen molar-refractivity contribution in [3.05, 3.63) is 36.0 Å². The maximum atomic E-state index is 14.3. The molecule has 0 fully saturated rings. The number of hydrogen-bond donors (Lipinski definition) is 19. The summed E-state index contributed by atoms with van der Waals surface area (Å²) in [5.41, 5.74) is 12.2. The highest BCUT2D eigenvalue weighted by molar-refractivity contribution is 6.01. The summed E-state index contributed by atoms with van der Waals surface area (Å²) in [5, 5.41) is 80.5. The summed E-state index contributed by atoms with van der Waals surface area (Å²) in [6.07, 6.45) is -4.98. The van der Waals surface area contributed by atoms with Crippen LogP contribution < -0.4 is 64.6 Å². The average Bonchev–Trinajstić information content (AvgIpc) is 1.84. The third-order valence-corrected chi connectivity index (χ3v) is 13.3. The quantitative estimate of drug-likeness (QED) is 0.0279. The molecule has 0 bridgehead atoms. The largest absolute Gasteiger partial charge is 0.481 e. The number of carbonyl (C=O) groups excluding carboxylic acids is 10. The molecular formula is C55H81N13O22. The summed E-state index contributed by atoms with van der Waals surface area (Å²) in [7, 11) is 0. The third-order valence-electron chi connectivity index (χ3n) is 13.3. The van der Waals surface area contributed by atoms with Gasteiger partial charge in [0, 0.05) is 36.4 Å². The Labute approximate surface area is 514 Å². The molecule has 0 aliphatic rings. The molecule has 0 aliphatic heterocycles. The summed E-state index contributed by atoms with van der Waals surface area (Å²) in [6.45, 7) is 7.06. The Kier molecular flexibility index (Phi) is 32.0. The van der Waals surface area contributed by atoms with Crippen molar-refractivity contribution in [3.8, 4) is 0 Å². The van der Waals surface area contributed by atoms with Crippen LogP contribution in [-0.2, 0) is 83.1 Å². The van der Waals surface area contributed by atoms with Crippen molar-refractivity contribution in [2.75, 3.05) is 13.1 Å². The van der Waals surface area contributed by atoms with Crippen LogP contribution in [-0.4, -0.2) is 204 Å². The van der Waals surface area contributed by atoms with Gasteiger partial charge in [-0.3, -0.25) is 71.9 Å². The number of aromatic amines is 1. The van der Waals surface area contributed by atoms with Gasteiger partial charge in [0.15, 0.2) is 0 Å². The van der Waals surface area contributed by atoms with Gasteiger partial charge >= 0.3 is 35.8 Å². The molecule has 0 saturated carbocycles. The molecule has 1 aromatic heterocycles. The molecule has 2 aromatic rings. The van der Waals surface area contributed by atoms with Crippen molar-refractivity contribution in [1.82, 2.24) is 58.2 Å². The number of rotatable bonds is 42. The minimum atomic E-state index is -2.28. The minimum Gasteiger partial charge on any atom is -0.481 e. The Morgan fingerprint density at radius 3 is 1.37 bits per heavy atom. The fraction of sp³-hybridized carbons (Fsp3) is 0.564. The molecule has 0 spiro atoms. The van der Waals surface area contributed by atoms with Crippen LogP contribution in [0.4, 0.5) is 0 Å². The molecule has 35 heteroatoms. The summed E-state index contributed by atoms with van der Waals surface area (Å²) in [6, 6.07) is -10.6. The van der Waals surface area contributed by atoms with Crippen molar-refractivity contribution in [2.24, 2.45) is 23.3 Å². The monoisotopic (exact) mass is 1280 g/mol. The number of carbonyl (C=O) groups is 16. The maximum Gasteiger partial charge on any atom is 0.326 e. The zero-order valence-electron chi connectivity index (χ0n) is 50.1. The van der Waals surface area contributed by atoms with Gasteiger partial charge in [0.1, 0.15) is 54.4 Å². The molecule has 0 radical (unpaired) electrons. The molecule has 1 aromatic carbocycles. The van der Waals surface area contributed by atoms with Crippen molar-refractivity contribution in [2.45, 2.75) is 172 Å². The fourth-order valence-corrected chi connectivity index (χ4v) is 8.66. The summed E-state index contributed by atoms with van der Waals surface area (Å²) >= 11 is 0. The van der Waals surface area contributed by atoms with E-state index in [2.05, 4.69) is 47.5 Å². The second kappa shape index (κ2) is 37.8. The Bertz CT molecular complexity index is 2930. The smallest absolute Gasteiger partial charge is 0.326 e. The standard InChI is InChI=1S/C55H81N13O22/c1-25(2)18-34(63-46(80)27(5)57)53(87)68-45(26(3)4)54(88)67-38(22-44(78)79)52(86)66-37(21-43(76)77)51(85)65-36(20-42(74)75)50(84)61-32(13-15-40(70)71)49(83)64-35(19-28-23-58-30-11-7-6-10-29(28)30)47(81)59-24-39(69)60-31(12-8-9-17-56)48(82)62-33(55(89)90)14-16-41(72)73/h6-7,10-11,23,25-27,31-38,45,58H,8-9,12-22,24,56-57H2,1-5H3,(H,59,81)(H,60,69)(H,61,84)(H,62,82)(H,63,80)(H,64,83)(H,65,85)(H,66,86)(H,67,88)(H,68,87)(H,70,71)(H,72,73)(H,74,75)(H,76,77)(H,78,79)(H,89,90)/t27-,31-,32-,33-,34-,35-,36-,37-,38-,45-/m0/s1. The average molecular weight is 1280 g/mol. The number of carboxylic acid groups (broad SMARTS) is 6. The highest BCUT2D eigenvalue weighted by atomic mass is 16.4. The van der Waals surface area contributed by atoms with Crippen molar-refractivity contribution in [3.63, 3.8) is 0 Å². The molecule has 10 atom stereocenters. The van der Waals surface area contributed by atoms with Gasteiger partial charge in [-0.2, -0.15) is 0 Å². The lowest BCUT2D eigenvalue weighted by molar-refractivity contribution is -0.144. The highest BCUT2D eigenvalue weighted by Crippen LogP contribution is 2.20. The van der Waals surface area contributed by atoms with Crippen LogP contribution in [0.2, 0.25) is 0 Å². The molecule has 90 heavy (non-hydrogen) atoms. The van der Waals surface area contributed by atoms with Crippen molar-refractivity contribution < 1.29 is 107 Å². The first-order chi connectivity index (χ1) is 42.1. The molecule has 21 N–H and O–H groups in total. The Morgan fingerprint density at radius 1 is 0.467 bits per heavy atom. The number of carboxylic acids is 6. The molecule has 2 rings (SSSR count). The summed E-state index contributed by atoms with van der Waals surface area (Å²) in [5.74, 6) is -22.4. The molecule has 0 unspecified atom stereocenters. The zero-order chi connectivity index (χ0) is 68.1. The number of nitrogens with one attached hydrogen (secondary N) is 11. The zero-order valence-corrected chi connectivity index (χ0v) is 50.1. The number of benzene rings is 1. The number of aliphatic carboxylic acids is 6. The first-order valence-corrected chi connectivity index (χ1v) is 28.5. The number of H-pyrrole nitrogens is 1. The van der Waals surface area contributed by atoms with E-state index >= 15 is 0 Å². The van der Waals surface area contributed by atoms with Crippen LogP contribution in [0.15, 0.2) is 30.5 Å². The van der Waals surface area contributed by atoms with Gasteiger partial charge in [-0.25, -0.2) is 4.79 Å². The van der Waals surface area contributed by atoms with E-state index in [0.29, 0.717) is 22.9 Å². The molecule has 35 nitrogen and oxygen atoms in total. The van der Waals surface area contributed by atoms with E-state index in [1.807, 2.05) is 10.6 Å². The molecule has 0 aliphatic carbocycles. The summed E-state index contributed by atoms with van der Waals surface area (Å²) in [4.78, 5) is 210. The van der Waals surface area contributed by atoms with Crippen LogP contribution in [0.3, 0.4) is 0 Å². The number of aromatic nitrogens is 1. The van der Waals surface area contributed by atoms with Crippen molar-refractivity contribution in [1.29, 1.82) is 0 Å². The van der Waals surface area contributed by atoms with Gasteiger partial charge < -0.3 is 100 Å². The number of amides is 10. The maximum absolute atomic E-state index is 14.3. The topological polar surface area (TPSA) is 583 Å². The predicted octanol–water partition coefficient (Wildman–Crippen LogP) is -4.39. The number of para-hydroxylation sites is 1. The van der Waals surface area contributed by atoms with Crippen LogP contribution in [0.5, 0.6) is 0 Å². The highest BCUT2D eigenvalue weighted by Gasteiger charge is 2.38. The van der Waals surface area contributed by atoms with Crippen LogP contribution in [0, 0.1) is 11.8 Å². The Balaban J connectivity index is 2.49. The summed E-state index contributed by atoms with van der Waals surface area (Å²) < 4.78 is 0. The molecule has 10 amide bonds. The first kappa shape index (κ1) is 76.3. The van der Waals surface area contributed by atoms with E-state index in [4.69, 9.17) is 16.6 Å². The van der Waals surface area contributed by atoms with Crippen LogP contribution in [0.1, 0.15) is 111 Å². The number of nitrogens with two attached hydrogens (primary N) is 2. The molecule has 1 heterocycles. The van der Waals surface area contributed by atoms with Gasteiger partial charge in [0.05, 0.1) is 31.8 Å². The number of hydrogen-bond acceptors (Lipinski definition) is 18. The number of fused-ring (bicyclic) bond motifs is 1. The first-order valence-electron chi connectivity index (χ1n) is 28.5.